The number of nitrogens with zero attached hydrogens (tertiary/aromatic N) is 1. The quantitative estimate of drug-likeness (QED) is 0.863. The van der Waals surface area contributed by atoms with Gasteiger partial charge in [0.1, 0.15) is 5.69 Å². The van der Waals surface area contributed by atoms with E-state index >= 15 is 0 Å². The third-order valence-corrected chi connectivity index (χ3v) is 3.87. The lowest BCUT2D eigenvalue weighted by atomic mass is 10.1. The van der Waals surface area contributed by atoms with Crippen molar-refractivity contribution in [3.63, 3.8) is 0 Å². The smallest absolute Gasteiger partial charge is 0.269 e. The molecule has 0 radical (unpaired) electrons. The van der Waals surface area contributed by atoms with Crippen LogP contribution in [0.15, 0.2) is 49.0 Å². The Hall–Kier alpha value is -2.62. The molecule has 0 unspecified atom stereocenters. The first-order valence-electron chi connectivity index (χ1n) is 7.88. The monoisotopic (exact) mass is 307 g/mol. The van der Waals surface area contributed by atoms with Gasteiger partial charge in [-0.3, -0.25) is 4.79 Å². The van der Waals surface area contributed by atoms with Crippen molar-refractivity contribution in [3.8, 4) is 0 Å². The fraction of sp³-hybridized carbons (Fsp3) is 0.263. The lowest BCUT2D eigenvalue weighted by Gasteiger charge is -2.12. The minimum Gasteiger partial charge on any atom is -0.382 e. The summed E-state index contributed by atoms with van der Waals surface area (Å²) >= 11 is 0. The molecule has 2 aromatic rings. The number of rotatable bonds is 6. The summed E-state index contributed by atoms with van der Waals surface area (Å²) < 4.78 is 0. The van der Waals surface area contributed by atoms with Crippen LogP contribution in [0.5, 0.6) is 0 Å². The van der Waals surface area contributed by atoms with Crippen molar-refractivity contribution in [2.75, 3.05) is 7.05 Å². The third kappa shape index (κ3) is 3.97. The highest BCUT2D eigenvalue weighted by atomic mass is 16.1. The van der Waals surface area contributed by atoms with E-state index in [1.165, 1.54) is 18.4 Å². The maximum absolute atomic E-state index is 12.0. The van der Waals surface area contributed by atoms with Crippen LogP contribution in [-0.2, 0) is 6.42 Å². The van der Waals surface area contributed by atoms with Gasteiger partial charge in [0.25, 0.3) is 5.91 Å². The normalized spacial score (nSPS) is 13.4. The first-order chi connectivity index (χ1) is 11.2. The van der Waals surface area contributed by atoms with E-state index in [0.717, 1.165) is 17.0 Å². The van der Waals surface area contributed by atoms with Crippen LogP contribution in [0, 0.1) is 0 Å². The molecule has 0 spiro atoms. The van der Waals surface area contributed by atoms with Crippen molar-refractivity contribution >= 4 is 11.6 Å². The lowest BCUT2D eigenvalue weighted by Crippen LogP contribution is -2.21. The lowest BCUT2D eigenvalue weighted by molar-refractivity contribution is 0.0958. The highest BCUT2D eigenvalue weighted by Crippen LogP contribution is 2.24. The summed E-state index contributed by atoms with van der Waals surface area (Å²) in [5, 5.41) is 6.03. The summed E-state index contributed by atoms with van der Waals surface area (Å²) in [5.74, 6) is -0.180. The molecular formula is C19H21N3O. The summed E-state index contributed by atoms with van der Waals surface area (Å²) in [6.45, 7) is 4.11. The molecule has 4 nitrogen and oxygen atoms in total. The Labute approximate surface area is 136 Å². The maximum atomic E-state index is 12.0. The molecule has 0 saturated heterocycles. The van der Waals surface area contributed by atoms with Crippen LogP contribution in [0.2, 0.25) is 0 Å². The second kappa shape index (κ2) is 6.65. The zero-order chi connectivity index (χ0) is 16.2. The van der Waals surface area contributed by atoms with Gasteiger partial charge in [0.15, 0.2) is 0 Å². The average Bonchev–Trinajstić information content (AvgIpc) is 3.38. The Morgan fingerprint density at radius 1 is 1.26 bits per heavy atom. The Balaban J connectivity index is 1.90. The van der Waals surface area contributed by atoms with Crippen molar-refractivity contribution in [2.45, 2.75) is 25.3 Å². The van der Waals surface area contributed by atoms with Gasteiger partial charge in [-0.25, -0.2) is 4.98 Å². The molecule has 4 heteroatoms. The fourth-order valence-corrected chi connectivity index (χ4v) is 2.46. The predicted molar refractivity (Wildman–Crippen MR) is 92.1 cm³/mol. The summed E-state index contributed by atoms with van der Waals surface area (Å²) in [7, 11) is 1.62. The Bertz CT molecular complexity index is 721. The van der Waals surface area contributed by atoms with Gasteiger partial charge in [-0.15, -0.1) is 0 Å². The van der Waals surface area contributed by atoms with Crippen LogP contribution in [0.25, 0.3) is 5.70 Å². The van der Waals surface area contributed by atoms with Crippen LogP contribution in [0.4, 0.5) is 0 Å². The van der Waals surface area contributed by atoms with Crippen molar-refractivity contribution < 1.29 is 4.79 Å². The van der Waals surface area contributed by atoms with Gasteiger partial charge in [-0.05, 0) is 30.5 Å². The van der Waals surface area contributed by atoms with Gasteiger partial charge in [0.05, 0.1) is 0 Å². The van der Waals surface area contributed by atoms with Gasteiger partial charge < -0.3 is 10.6 Å². The number of carbonyl (C=O) groups is 1. The number of nitrogens with one attached hydrogen (secondary N) is 2. The van der Waals surface area contributed by atoms with Gasteiger partial charge >= 0.3 is 0 Å². The Morgan fingerprint density at radius 2 is 2.00 bits per heavy atom. The van der Waals surface area contributed by atoms with Gasteiger partial charge in [-0.2, -0.15) is 0 Å². The standard InChI is InChI=1S/C19H21N3O/c1-13(21-16-8-9-16)15-11-17(10-14-6-4-3-5-7-14)22-18(12-15)19(23)20-2/h3-7,11-12,16,21H,1,8-10H2,2H3,(H,20,23). The molecule has 1 fully saturated rings. The van der Waals surface area contributed by atoms with Crippen LogP contribution >= 0.6 is 0 Å². The largest absolute Gasteiger partial charge is 0.382 e. The molecule has 0 aliphatic heterocycles. The molecule has 0 atom stereocenters. The van der Waals surface area contributed by atoms with E-state index in [0.29, 0.717) is 18.2 Å². The minimum absolute atomic E-state index is 0.180. The molecule has 23 heavy (non-hydrogen) atoms. The molecule has 1 aliphatic carbocycles. The van der Waals surface area contributed by atoms with Crippen LogP contribution < -0.4 is 10.6 Å². The molecule has 1 saturated carbocycles. The second-order valence-corrected chi connectivity index (χ2v) is 5.87. The topological polar surface area (TPSA) is 54.0 Å². The van der Waals surface area contributed by atoms with E-state index < -0.39 is 0 Å². The molecule has 0 bridgehead atoms. The zero-order valence-electron chi connectivity index (χ0n) is 13.3. The van der Waals surface area contributed by atoms with E-state index in [9.17, 15) is 4.79 Å². The van der Waals surface area contributed by atoms with Crippen molar-refractivity contribution in [3.05, 3.63) is 71.6 Å². The minimum atomic E-state index is -0.180. The SMILES string of the molecule is C=C(NC1CC1)c1cc(Cc2ccccc2)nc(C(=O)NC)c1. The van der Waals surface area contributed by atoms with Crippen molar-refractivity contribution in [1.82, 2.24) is 15.6 Å². The summed E-state index contributed by atoms with van der Waals surface area (Å²) in [5.41, 5.74) is 4.24. The number of pyridine rings is 1. The van der Waals surface area contributed by atoms with Crippen LogP contribution in [0.1, 0.15) is 40.2 Å². The fourth-order valence-electron chi connectivity index (χ4n) is 2.46. The van der Waals surface area contributed by atoms with Gasteiger partial charge in [-0.1, -0.05) is 36.9 Å². The van der Waals surface area contributed by atoms with Crippen LogP contribution in [0.3, 0.4) is 0 Å². The number of carbonyl (C=O) groups excluding carboxylic acids is 1. The maximum Gasteiger partial charge on any atom is 0.269 e. The first kappa shape index (κ1) is 15.3. The van der Waals surface area contributed by atoms with E-state index in [4.69, 9.17) is 0 Å². The molecular weight excluding hydrogens is 286 g/mol. The first-order valence-corrected chi connectivity index (χ1v) is 7.88. The predicted octanol–water partition coefficient (Wildman–Crippen LogP) is 2.75. The molecule has 1 aliphatic rings. The molecule has 118 valence electrons. The summed E-state index contributed by atoms with van der Waals surface area (Å²) in [6, 6.07) is 14.5. The van der Waals surface area contributed by atoms with E-state index in [1.54, 1.807) is 13.1 Å². The highest BCUT2D eigenvalue weighted by molar-refractivity contribution is 5.93. The number of aromatic nitrogens is 1. The highest BCUT2D eigenvalue weighted by Gasteiger charge is 2.22. The van der Waals surface area contributed by atoms with E-state index in [-0.39, 0.29) is 5.91 Å². The number of amides is 1. The van der Waals surface area contributed by atoms with Crippen molar-refractivity contribution in [2.24, 2.45) is 0 Å². The van der Waals surface area contributed by atoms with E-state index in [2.05, 4.69) is 34.3 Å². The Morgan fingerprint density at radius 3 is 2.65 bits per heavy atom. The van der Waals surface area contributed by atoms with Gasteiger partial charge in [0, 0.05) is 36.5 Å². The molecule has 2 N–H and O–H groups in total. The van der Waals surface area contributed by atoms with Crippen LogP contribution in [-0.4, -0.2) is 24.0 Å². The molecule has 3 rings (SSSR count). The second-order valence-electron chi connectivity index (χ2n) is 5.87. The number of benzene rings is 1. The number of hydrogen-bond donors (Lipinski definition) is 2. The number of hydrogen-bond acceptors (Lipinski definition) is 3. The van der Waals surface area contributed by atoms with E-state index in [1.807, 2.05) is 24.3 Å². The molecule has 1 aromatic heterocycles. The molecule has 1 amide bonds. The summed E-state index contributed by atoms with van der Waals surface area (Å²) in [4.78, 5) is 16.5. The van der Waals surface area contributed by atoms with Crippen molar-refractivity contribution in [1.29, 1.82) is 0 Å². The molecule has 1 aromatic carbocycles. The van der Waals surface area contributed by atoms with Gasteiger partial charge in [0.2, 0.25) is 0 Å². The Kier molecular flexibility index (Phi) is 4.42. The zero-order valence-corrected chi connectivity index (χ0v) is 13.3. The average molecular weight is 307 g/mol. The molecule has 1 heterocycles. The summed E-state index contributed by atoms with van der Waals surface area (Å²) in [6.07, 6.45) is 3.06. The third-order valence-electron chi connectivity index (χ3n) is 3.87.